The van der Waals surface area contributed by atoms with E-state index in [0.717, 1.165) is 11.8 Å². The number of likely N-dealkylation sites (N-methyl/N-ethyl adjacent to an activating group) is 1. The van der Waals surface area contributed by atoms with Crippen LogP contribution in [0.3, 0.4) is 0 Å². The summed E-state index contributed by atoms with van der Waals surface area (Å²) in [5.41, 5.74) is 6.54. The molecular weight excluding hydrogens is 333 g/mol. The van der Waals surface area contributed by atoms with Gasteiger partial charge in [0.2, 0.25) is 0 Å². The van der Waals surface area contributed by atoms with E-state index in [-0.39, 0.29) is 11.9 Å². The van der Waals surface area contributed by atoms with Gasteiger partial charge in [-0.1, -0.05) is 6.07 Å². The van der Waals surface area contributed by atoms with Crippen molar-refractivity contribution in [3.05, 3.63) is 35.7 Å². The second kappa shape index (κ2) is 7.88. The maximum absolute atomic E-state index is 13.4. The molecule has 138 valence electrons. The van der Waals surface area contributed by atoms with Gasteiger partial charge in [0.15, 0.2) is 0 Å². The van der Waals surface area contributed by atoms with Crippen LogP contribution in [0.25, 0.3) is 11.1 Å². The number of aromatic nitrogens is 2. The first-order valence-electron chi connectivity index (χ1n) is 8.01. The minimum atomic E-state index is -4.50. The molecule has 0 saturated carbocycles. The Morgan fingerprint density at radius 3 is 2.64 bits per heavy atom. The molecule has 0 fully saturated rings. The van der Waals surface area contributed by atoms with E-state index in [4.69, 9.17) is 10.5 Å². The van der Waals surface area contributed by atoms with Crippen molar-refractivity contribution in [1.82, 2.24) is 15.1 Å². The number of hydrogen-bond donors (Lipinski definition) is 2. The van der Waals surface area contributed by atoms with Gasteiger partial charge in [-0.25, -0.2) is 0 Å². The molecule has 1 aromatic heterocycles. The lowest BCUT2D eigenvalue weighted by molar-refractivity contribution is -0.139. The molecule has 0 aliphatic rings. The van der Waals surface area contributed by atoms with Gasteiger partial charge in [0, 0.05) is 25.2 Å². The second-order valence-corrected chi connectivity index (χ2v) is 6.16. The van der Waals surface area contributed by atoms with Gasteiger partial charge >= 0.3 is 6.18 Å². The van der Waals surface area contributed by atoms with Gasteiger partial charge in [0.1, 0.15) is 5.75 Å². The van der Waals surface area contributed by atoms with Crippen molar-refractivity contribution in [3.63, 3.8) is 0 Å². The Balaban J connectivity index is 2.39. The number of ether oxygens (including phenoxy) is 1. The summed E-state index contributed by atoms with van der Waals surface area (Å²) in [6, 6.07) is 4.08. The Morgan fingerprint density at radius 2 is 2.04 bits per heavy atom. The van der Waals surface area contributed by atoms with Crippen LogP contribution in [-0.2, 0) is 12.7 Å². The molecule has 0 saturated heterocycles. The van der Waals surface area contributed by atoms with Crippen LogP contribution < -0.4 is 10.5 Å². The van der Waals surface area contributed by atoms with E-state index in [1.807, 2.05) is 11.9 Å². The van der Waals surface area contributed by atoms with E-state index in [0.29, 0.717) is 30.8 Å². The summed E-state index contributed by atoms with van der Waals surface area (Å²) in [5.74, 6) is -0.170. The van der Waals surface area contributed by atoms with E-state index in [1.54, 1.807) is 19.9 Å². The third-order valence-electron chi connectivity index (χ3n) is 3.62. The number of nitrogens with zero attached hydrogens (tertiary/aromatic N) is 2. The van der Waals surface area contributed by atoms with Crippen molar-refractivity contribution in [2.75, 3.05) is 20.1 Å². The van der Waals surface area contributed by atoms with Gasteiger partial charge in [-0.15, -0.1) is 0 Å². The Hall–Kier alpha value is -2.06. The summed E-state index contributed by atoms with van der Waals surface area (Å²) < 4.78 is 45.5. The molecule has 0 atom stereocenters. The van der Waals surface area contributed by atoms with Gasteiger partial charge in [-0.2, -0.15) is 18.3 Å². The molecule has 25 heavy (non-hydrogen) atoms. The first-order chi connectivity index (χ1) is 11.7. The van der Waals surface area contributed by atoms with Crippen LogP contribution in [-0.4, -0.2) is 41.3 Å². The molecule has 5 nitrogen and oxygen atoms in total. The number of halogens is 3. The zero-order valence-corrected chi connectivity index (χ0v) is 14.5. The van der Waals surface area contributed by atoms with Gasteiger partial charge in [0.25, 0.3) is 0 Å². The molecule has 1 heterocycles. The number of hydrogen-bond acceptors (Lipinski definition) is 4. The summed E-state index contributed by atoms with van der Waals surface area (Å²) in [6.07, 6.45) is -3.31. The number of rotatable bonds is 7. The summed E-state index contributed by atoms with van der Waals surface area (Å²) in [4.78, 5) is 1.97. The van der Waals surface area contributed by atoms with Crippen molar-refractivity contribution in [3.8, 4) is 16.9 Å². The normalized spacial score (nSPS) is 12.2. The van der Waals surface area contributed by atoms with Crippen LogP contribution in [0, 0.1) is 0 Å². The molecule has 2 aromatic rings. The molecule has 0 amide bonds. The fourth-order valence-electron chi connectivity index (χ4n) is 2.53. The first kappa shape index (κ1) is 19.3. The Bertz CT molecular complexity index is 697. The van der Waals surface area contributed by atoms with Crippen molar-refractivity contribution in [2.45, 2.75) is 32.7 Å². The predicted molar refractivity (Wildman–Crippen MR) is 90.2 cm³/mol. The lowest BCUT2D eigenvalue weighted by atomic mass is 10.0. The van der Waals surface area contributed by atoms with Gasteiger partial charge < -0.3 is 10.5 Å². The summed E-state index contributed by atoms with van der Waals surface area (Å²) in [6.45, 7) is 5.07. The number of aromatic amines is 1. The third kappa shape index (κ3) is 4.96. The zero-order chi connectivity index (χ0) is 18.6. The molecule has 2 rings (SSSR count). The molecular formula is C17H23F3N4O. The topological polar surface area (TPSA) is 67.2 Å². The Labute approximate surface area is 145 Å². The van der Waals surface area contributed by atoms with Crippen molar-refractivity contribution in [1.29, 1.82) is 0 Å². The molecule has 3 N–H and O–H groups in total. The van der Waals surface area contributed by atoms with Crippen molar-refractivity contribution >= 4 is 0 Å². The third-order valence-corrected chi connectivity index (χ3v) is 3.62. The molecule has 8 heteroatoms. The average Bonchev–Trinajstić information content (AvgIpc) is 2.94. The van der Waals surface area contributed by atoms with E-state index >= 15 is 0 Å². The number of nitrogens with one attached hydrogen (secondary N) is 1. The van der Waals surface area contributed by atoms with Gasteiger partial charge in [-0.3, -0.25) is 10.00 Å². The summed E-state index contributed by atoms with van der Waals surface area (Å²) >= 11 is 0. The largest absolute Gasteiger partial charge is 0.490 e. The number of benzene rings is 1. The summed E-state index contributed by atoms with van der Waals surface area (Å²) in [5, 5.41) is 6.83. The SMILES string of the molecule is CC(C)Oc1ccc(-c2cn[nH]c2CN(C)CCN)cc1C(F)(F)F. The highest BCUT2D eigenvalue weighted by Crippen LogP contribution is 2.39. The highest BCUT2D eigenvalue weighted by Gasteiger charge is 2.35. The lowest BCUT2D eigenvalue weighted by Crippen LogP contribution is -2.25. The van der Waals surface area contributed by atoms with Crippen LogP contribution in [0.4, 0.5) is 13.2 Å². The van der Waals surface area contributed by atoms with Crippen LogP contribution >= 0.6 is 0 Å². The van der Waals surface area contributed by atoms with Gasteiger partial charge in [-0.05, 0) is 38.6 Å². The van der Waals surface area contributed by atoms with E-state index in [9.17, 15) is 13.2 Å². The maximum Gasteiger partial charge on any atom is 0.419 e. The fourth-order valence-corrected chi connectivity index (χ4v) is 2.53. The highest BCUT2D eigenvalue weighted by molar-refractivity contribution is 5.67. The van der Waals surface area contributed by atoms with Crippen LogP contribution in [0.5, 0.6) is 5.75 Å². The Morgan fingerprint density at radius 1 is 1.32 bits per heavy atom. The zero-order valence-electron chi connectivity index (χ0n) is 14.5. The van der Waals surface area contributed by atoms with E-state index in [1.165, 1.54) is 12.3 Å². The molecule has 0 unspecified atom stereocenters. The monoisotopic (exact) mass is 356 g/mol. The molecule has 0 bridgehead atoms. The number of nitrogens with two attached hydrogens (primary N) is 1. The van der Waals surface area contributed by atoms with Crippen LogP contribution in [0.1, 0.15) is 25.1 Å². The number of H-pyrrole nitrogens is 1. The van der Waals surface area contributed by atoms with Crippen LogP contribution in [0.15, 0.2) is 24.4 Å². The average molecular weight is 356 g/mol. The minimum absolute atomic E-state index is 0.170. The van der Waals surface area contributed by atoms with Crippen molar-refractivity contribution < 1.29 is 17.9 Å². The lowest BCUT2D eigenvalue weighted by Gasteiger charge is -2.18. The predicted octanol–water partition coefficient (Wildman–Crippen LogP) is 3.27. The standard InChI is InChI=1S/C17H23F3N4O/c1-11(2)25-16-5-4-12(8-14(16)17(18,19)20)13-9-22-23-15(13)10-24(3)7-6-21/h4-5,8-9,11H,6-7,10,21H2,1-3H3,(H,22,23). The molecule has 0 aliphatic heterocycles. The number of alkyl halides is 3. The fraction of sp³-hybridized carbons (Fsp3) is 0.471. The van der Waals surface area contributed by atoms with Gasteiger partial charge in [0.05, 0.1) is 23.6 Å². The van der Waals surface area contributed by atoms with Crippen LogP contribution in [0.2, 0.25) is 0 Å². The smallest absolute Gasteiger partial charge is 0.419 e. The molecule has 0 aliphatic carbocycles. The highest BCUT2D eigenvalue weighted by atomic mass is 19.4. The molecule has 0 radical (unpaired) electrons. The minimum Gasteiger partial charge on any atom is -0.490 e. The van der Waals surface area contributed by atoms with Crippen molar-refractivity contribution in [2.24, 2.45) is 5.73 Å². The summed E-state index contributed by atoms with van der Waals surface area (Å²) in [7, 11) is 1.89. The first-order valence-corrected chi connectivity index (χ1v) is 8.01. The maximum atomic E-state index is 13.4. The second-order valence-electron chi connectivity index (χ2n) is 6.16. The van der Waals surface area contributed by atoms with E-state index in [2.05, 4.69) is 10.2 Å². The molecule has 0 spiro atoms. The Kier molecular flexibility index (Phi) is 6.07. The van der Waals surface area contributed by atoms with E-state index < -0.39 is 11.7 Å². The molecule has 1 aromatic carbocycles. The quantitative estimate of drug-likeness (QED) is 0.799.